The topological polar surface area (TPSA) is 57.3 Å². The van der Waals surface area contributed by atoms with Crippen LogP contribution in [-0.2, 0) is 25.8 Å². The molecule has 0 spiro atoms. The second-order valence-corrected chi connectivity index (χ2v) is 10.2. The molecule has 0 saturated carbocycles. The van der Waals surface area contributed by atoms with Gasteiger partial charge in [0.05, 0.1) is 9.90 Å². The van der Waals surface area contributed by atoms with Crippen LogP contribution in [0.1, 0.15) is 28.0 Å². The number of amides is 2. The Morgan fingerprint density at radius 3 is 2.97 bits per heavy atom. The normalized spacial score (nSPS) is 15.4. The number of nitrogens with one attached hydrogen (secondary N) is 2. The molecule has 3 heterocycles. The number of fused-ring (bicyclic) bond motifs is 2. The number of nitrogens with zero attached hydrogens (tertiary/aromatic N) is 2. The molecule has 8 heteroatoms. The van der Waals surface area contributed by atoms with Crippen molar-refractivity contribution in [3.63, 3.8) is 0 Å². The largest absolute Gasteiger partial charge is 0.329 e. The predicted molar refractivity (Wildman–Crippen MR) is 124 cm³/mol. The fourth-order valence-electron chi connectivity index (χ4n) is 4.33. The van der Waals surface area contributed by atoms with Gasteiger partial charge < -0.3 is 10.2 Å². The van der Waals surface area contributed by atoms with Crippen LogP contribution in [-0.4, -0.2) is 29.5 Å². The van der Waals surface area contributed by atoms with Gasteiger partial charge in [0.15, 0.2) is 0 Å². The number of aryl methyl sites for hydroxylation is 1. The molecule has 2 aromatic heterocycles. The summed E-state index contributed by atoms with van der Waals surface area (Å²) in [5.74, 6) is -0.531. The summed E-state index contributed by atoms with van der Waals surface area (Å²) >= 11 is 3.09. The van der Waals surface area contributed by atoms with E-state index in [1.165, 1.54) is 40.2 Å². The quantitative estimate of drug-likeness (QED) is 0.417. The van der Waals surface area contributed by atoms with E-state index in [0.29, 0.717) is 5.56 Å². The standard InChI is InChI=1S/C23H23FN4OS2/c1-28-10-8-16-12-21(30-19(16)13-28)31-27-23(29)26-22-17-4-2-3-14(17)5-6-18(22)15-7-9-25-20(24)11-15/h5-7,9,11-12H,2-4,8,10,13H2,1H3,(H2,26,27,29). The zero-order chi connectivity index (χ0) is 21.4. The summed E-state index contributed by atoms with van der Waals surface area (Å²) in [4.78, 5) is 20.1. The molecule has 5 nitrogen and oxygen atoms in total. The van der Waals surface area contributed by atoms with Crippen LogP contribution in [0, 0.1) is 5.95 Å². The van der Waals surface area contributed by atoms with Crippen molar-refractivity contribution < 1.29 is 9.18 Å². The molecular weight excluding hydrogens is 431 g/mol. The highest BCUT2D eigenvalue weighted by molar-refractivity contribution is 7.99. The van der Waals surface area contributed by atoms with Crippen molar-refractivity contribution in [2.24, 2.45) is 0 Å². The van der Waals surface area contributed by atoms with E-state index in [2.05, 4.69) is 39.1 Å². The third kappa shape index (κ3) is 4.33. The lowest BCUT2D eigenvalue weighted by Gasteiger charge is -2.21. The van der Waals surface area contributed by atoms with Gasteiger partial charge in [0, 0.05) is 35.8 Å². The molecule has 0 bridgehead atoms. The average Bonchev–Trinajstić information content (AvgIpc) is 3.39. The predicted octanol–water partition coefficient (Wildman–Crippen LogP) is 5.25. The van der Waals surface area contributed by atoms with Crippen molar-refractivity contribution in [1.29, 1.82) is 0 Å². The van der Waals surface area contributed by atoms with Crippen molar-refractivity contribution >= 4 is 35.0 Å². The zero-order valence-corrected chi connectivity index (χ0v) is 18.8. The molecule has 0 saturated heterocycles. The van der Waals surface area contributed by atoms with Gasteiger partial charge in [-0.05, 0) is 79.1 Å². The highest BCUT2D eigenvalue weighted by atomic mass is 32.2. The summed E-state index contributed by atoms with van der Waals surface area (Å²) in [6, 6.07) is 9.13. The Hall–Kier alpha value is -2.42. The van der Waals surface area contributed by atoms with Crippen molar-refractivity contribution in [1.82, 2.24) is 14.6 Å². The number of hydrogen-bond acceptors (Lipinski definition) is 5. The summed E-state index contributed by atoms with van der Waals surface area (Å²) < 4.78 is 17.7. The average molecular weight is 455 g/mol. The minimum absolute atomic E-state index is 0.274. The van der Waals surface area contributed by atoms with Gasteiger partial charge in [0.25, 0.3) is 0 Å². The molecule has 1 aliphatic heterocycles. The van der Waals surface area contributed by atoms with E-state index >= 15 is 0 Å². The lowest BCUT2D eigenvalue weighted by molar-refractivity contribution is 0.257. The molecule has 31 heavy (non-hydrogen) atoms. The van der Waals surface area contributed by atoms with Crippen molar-refractivity contribution in [2.45, 2.75) is 36.4 Å². The summed E-state index contributed by atoms with van der Waals surface area (Å²) in [5, 5.41) is 3.05. The number of thiophene rings is 1. The number of carbonyl (C=O) groups is 1. The number of pyridine rings is 1. The smallest absolute Gasteiger partial charge is 0.306 e. The van der Waals surface area contributed by atoms with Gasteiger partial charge in [-0.25, -0.2) is 9.78 Å². The molecule has 0 atom stereocenters. The molecule has 0 radical (unpaired) electrons. The molecule has 5 rings (SSSR count). The Bertz CT molecular complexity index is 1150. The van der Waals surface area contributed by atoms with Crippen LogP contribution in [0.15, 0.2) is 40.7 Å². The molecule has 1 aliphatic carbocycles. The summed E-state index contributed by atoms with van der Waals surface area (Å²) in [7, 11) is 2.13. The lowest BCUT2D eigenvalue weighted by atomic mass is 9.98. The van der Waals surface area contributed by atoms with Crippen molar-refractivity contribution in [3.8, 4) is 11.1 Å². The molecule has 3 aromatic rings. The minimum Gasteiger partial charge on any atom is -0.306 e. The SMILES string of the molecule is CN1CCc2cc(SNC(=O)Nc3c(-c4ccnc(F)c4)ccc4c3CCC4)sc2C1. The van der Waals surface area contributed by atoms with E-state index in [0.717, 1.165) is 59.8 Å². The Kier molecular flexibility index (Phi) is 5.69. The second-order valence-electron chi connectivity index (χ2n) is 8.01. The lowest BCUT2D eigenvalue weighted by Crippen LogP contribution is -2.24. The summed E-state index contributed by atoms with van der Waals surface area (Å²) in [6.45, 7) is 2.04. The first-order valence-electron chi connectivity index (χ1n) is 10.4. The fraction of sp³-hybridized carbons (Fsp3) is 0.304. The van der Waals surface area contributed by atoms with Crippen LogP contribution in [0.2, 0.25) is 0 Å². The molecule has 2 N–H and O–H groups in total. The molecule has 1 aromatic carbocycles. The Balaban J connectivity index is 1.35. The van der Waals surface area contributed by atoms with E-state index in [9.17, 15) is 9.18 Å². The first-order chi connectivity index (χ1) is 15.1. The van der Waals surface area contributed by atoms with E-state index in [1.54, 1.807) is 17.4 Å². The first kappa shape index (κ1) is 20.5. The van der Waals surface area contributed by atoms with Crippen molar-refractivity contribution in [3.05, 3.63) is 64.0 Å². The van der Waals surface area contributed by atoms with E-state index in [1.807, 2.05) is 6.07 Å². The number of carbonyl (C=O) groups excluding carboxylic acids is 1. The third-order valence-electron chi connectivity index (χ3n) is 5.85. The van der Waals surface area contributed by atoms with Gasteiger partial charge in [-0.3, -0.25) is 4.72 Å². The number of rotatable bonds is 4. The van der Waals surface area contributed by atoms with E-state index in [4.69, 9.17) is 0 Å². The van der Waals surface area contributed by atoms with Gasteiger partial charge in [-0.15, -0.1) is 11.3 Å². The van der Waals surface area contributed by atoms with Crippen LogP contribution >= 0.6 is 23.3 Å². The van der Waals surface area contributed by atoms with Crippen molar-refractivity contribution in [2.75, 3.05) is 18.9 Å². The molecule has 160 valence electrons. The maximum absolute atomic E-state index is 13.7. The molecule has 2 amide bonds. The van der Waals surface area contributed by atoms with Gasteiger partial charge in [-0.2, -0.15) is 4.39 Å². The highest BCUT2D eigenvalue weighted by Crippen LogP contribution is 2.38. The highest BCUT2D eigenvalue weighted by Gasteiger charge is 2.21. The van der Waals surface area contributed by atoms with Crippen LogP contribution in [0.3, 0.4) is 0 Å². The first-order valence-corrected chi connectivity index (χ1v) is 12.0. The summed E-state index contributed by atoms with van der Waals surface area (Å²) in [6.07, 6.45) is 5.47. The fourth-order valence-corrected chi connectivity index (χ4v) is 6.39. The van der Waals surface area contributed by atoms with Gasteiger partial charge in [-0.1, -0.05) is 12.1 Å². The minimum atomic E-state index is -0.531. The number of hydrogen-bond donors (Lipinski definition) is 2. The van der Waals surface area contributed by atoms with Crippen LogP contribution in [0.25, 0.3) is 11.1 Å². The zero-order valence-electron chi connectivity index (χ0n) is 17.2. The van der Waals surface area contributed by atoms with Crippen LogP contribution in [0.5, 0.6) is 0 Å². The number of benzene rings is 1. The number of urea groups is 1. The third-order valence-corrected chi connectivity index (χ3v) is 7.92. The number of anilines is 1. The van der Waals surface area contributed by atoms with E-state index in [-0.39, 0.29) is 6.03 Å². The molecule has 0 fully saturated rings. The Labute approximate surface area is 189 Å². The maximum atomic E-state index is 13.7. The molecular formula is C23H23FN4OS2. The number of likely N-dealkylation sites (N-methyl/N-ethyl adjacent to an activating group) is 1. The summed E-state index contributed by atoms with van der Waals surface area (Å²) in [5.41, 5.74) is 6.07. The number of aromatic nitrogens is 1. The Morgan fingerprint density at radius 2 is 2.10 bits per heavy atom. The van der Waals surface area contributed by atoms with Gasteiger partial charge in [0.1, 0.15) is 0 Å². The molecule has 2 aliphatic rings. The van der Waals surface area contributed by atoms with Crippen LogP contribution < -0.4 is 10.0 Å². The van der Waals surface area contributed by atoms with Gasteiger partial charge >= 0.3 is 6.03 Å². The van der Waals surface area contributed by atoms with Gasteiger partial charge in [0.2, 0.25) is 5.95 Å². The maximum Gasteiger partial charge on any atom is 0.329 e. The molecule has 0 unspecified atom stereocenters. The van der Waals surface area contributed by atoms with Crippen LogP contribution in [0.4, 0.5) is 14.9 Å². The monoisotopic (exact) mass is 454 g/mol. The second kappa shape index (κ2) is 8.61. The van der Waals surface area contributed by atoms with E-state index < -0.39 is 5.95 Å². The number of halogens is 1. The Morgan fingerprint density at radius 1 is 1.19 bits per heavy atom.